The van der Waals surface area contributed by atoms with Gasteiger partial charge in [0, 0.05) is 17.1 Å². The van der Waals surface area contributed by atoms with Crippen LogP contribution >= 0.6 is 11.8 Å². The third kappa shape index (κ3) is 2.89. The van der Waals surface area contributed by atoms with Crippen LogP contribution in [0.25, 0.3) is 0 Å². The highest BCUT2D eigenvalue weighted by molar-refractivity contribution is 7.98. The van der Waals surface area contributed by atoms with E-state index in [1.165, 1.54) is 0 Å². The fourth-order valence-corrected chi connectivity index (χ4v) is 2.02. The van der Waals surface area contributed by atoms with Gasteiger partial charge < -0.3 is 11.1 Å². The molecule has 0 aliphatic carbocycles. The van der Waals surface area contributed by atoms with E-state index >= 15 is 0 Å². The van der Waals surface area contributed by atoms with E-state index in [0.29, 0.717) is 0 Å². The molecule has 3 nitrogen and oxygen atoms in total. The first-order chi connectivity index (χ1) is 7.20. The predicted molar refractivity (Wildman–Crippen MR) is 68.0 cm³/mol. The molecule has 0 saturated carbocycles. The Morgan fingerprint density at radius 2 is 2.27 bits per heavy atom. The van der Waals surface area contributed by atoms with Gasteiger partial charge in [0.05, 0.1) is 5.56 Å². The minimum absolute atomic E-state index is 0.124. The lowest BCUT2D eigenvalue weighted by Gasteiger charge is -2.13. The van der Waals surface area contributed by atoms with Crippen LogP contribution in [-0.4, -0.2) is 18.6 Å². The standard InChI is InChI=1S/C11H17N3S/c1-3-7-14-8-5-4-6-9(15-2)10(8)11(12)13/h4-6,14H,3,7H2,1-2H3,(H3,12,13). The van der Waals surface area contributed by atoms with Gasteiger partial charge in [0.15, 0.2) is 0 Å². The van der Waals surface area contributed by atoms with Crippen LogP contribution in [0.1, 0.15) is 18.9 Å². The van der Waals surface area contributed by atoms with Gasteiger partial charge in [-0.2, -0.15) is 0 Å². The normalized spacial score (nSPS) is 10.0. The van der Waals surface area contributed by atoms with Crippen molar-refractivity contribution in [3.8, 4) is 0 Å². The van der Waals surface area contributed by atoms with Crippen molar-refractivity contribution in [3.63, 3.8) is 0 Å². The largest absolute Gasteiger partial charge is 0.384 e. The number of nitrogen functional groups attached to an aromatic ring is 1. The van der Waals surface area contributed by atoms with E-state index in [-0.39, 0.29) is 5.84 Å². The molecule has 0 aromatic heterocycles. The average molecular weight is 223 g/mol. The molecule has 82 valence electrons. The minimum atomic E-state index is 0.124. The van der Waals surface area contributed by atoms with Gasteiger partial charge >= 0.3 is 0 Å². The van der Waals surface area contributed by atoms with Crippen molar-refractivity contribution in [3.05, 3.63) is 23.8 Å². The van der Waals surface area contributed by atoms with Crippen LogP contribution in [0, 0.1) is 5.41 Å². The molecule has 0 aliphatic heterocycles. The topological polar surface area (TPSA) is 61.9 Å². The predicted octanol–water partition coefficient (Wildman–Crippen LogP) is 2.51. The Bertz CT molecular complexity index is 350. The van der Waals surface area contributed by atoms with E-state index in [2.05, 4.69) is 12.2 Å². The second-order valence-electron chi connectivity index (χ2n) is 3.22. The van der Waals surface area contributed by atoms with Crippen molar-refractivity contribution < 1.29 is 0 Å². The van der Waals surface area contributed by atoms with Crippen LogP contribution < -0.4 is 11.1 Å². The summed E-state index contributed by atoms with van der Waals surface area (Å²) in [6.07, 6.45) is 3.05. The van der Waals surface area contributed by atoms with E-state index in [9.17, 15) is 0 Å². The van der Waals surface area contributed by atoms with Crippen LogP contribution in [0.15, 0.2) is 23.1 Å². The van der Waals surface area contributed by atoms with Gasteiger partial charge in [0.25, 0.3) is 0 Å². The molecular weight excluding hydrogens is 206 g/mol. The maximum absolute atomic E-state index is 7.58. The highest BCUT2D eigenvalue weighted by Crippen LogP contribution is 2.26. The van der Waals surface area contributed by atoms with Crippen molar-refractivity contribution >= 4 is 23.3 Å². The summed E-state index contributed by atoms with van der Waals surface area (Å²) < 4.78 is 0. The molecule has 0 amide bonds. The second kappa shape index (κ2) is 5.66. The summed E-state index contributed by atoms with van der Waals surface area (Å²) in [7, 11) is 0. The Hall–Kier alpha value is -1.16. The van der Waals surface area contributed by atoms with Crippen LogP contribution in [0.2, 0.25) is 0 Å². The summed E-state index contributed by atoms with van der Waals surface area (Å²) in [6, 6.07) is 5.93. The van der Waals surface area contributed by atoms with Crippen molar-refractivity contribution in [1.82, 2.24) is 0 Å². The monoisotopic (exact) mass is 223 g/mol. The lowest BCUT2D eigenvalue weighted by Crippen LogP contribution is -2.16. The van der Waals surface area contributed by atoms with Crippen LogP contribution in [-0.2, 0) is 0 Å². The SMILES string of the molecule is CCCNc1cccc(SC)c1C(=N)N. The molecule has 4 heteroatoms. The molecule has 1 aromatic rings. The molecule has 1 aromatic carbocycles. The van der Waals surface area contributed by atoms with E-state index in [0.717, 1.165) is 29.1 Å². The average Bonchev–Trinajstić information content (AvgIpc) is 2.25. The third-order valence-corrected chi connectivity index (χ3v) is 2.86. The summed E-state index contributed by atoms with van der Waals surface area (Å²) in [6.45, 7) is 3.01. The lowest BCUT2D eigenvalue weighted by atomic mass is 10.1. The summed E-state index contributed by atoms with van der Waals surface area (Å²) >= 11 is 1.61. The molecule has 0 radical (unpaired) electrons. The van der Waals surface area contributed by atoms with Gasteiger partial charge in [-0.3, -0.25) is 5.41 Å². The van der Waals surface area contributed by atoms with E-state index < -0.39 is 0 Å². The Labute approximate surface area is 95.0 Å². The van der Waals surface area contributed by atoms with Crippen molar-refractivity contribution in [2.24, 2.45) is 5.73 Å². The van der Waals surface area contributed by atoms with E-state index in [1.807, 2.05) is 24.5 Å². The summed E-state index contributed by atoms with van der Waals surface area (Å²) in [5.74, 6) is 0.124. The molecule has 0 unspecified atom stereocenters. The third-order valence-electron chi connectivity index (χ3n) is 2.08. The quantitative estimate of drug-likeness (QED) is 0.408. The molecule has 0 bridgehead atoms. The fraction of sp³-hybridized carbons (Fsp3) is 0.364. The van der Waals surface area contributed by atoms with Crippen LogP contribution in [0.3, 0.4) is 0 Å². The Kier molecular flexibility index (Phi) is 4.49. The number of hydrogen-bond donors (Lipinski definition) is 3. The number of hydrogen-bond acceptors (Lipinski definition) is 3. The second-order valence-corrected chi connectivity index (χ2v) is 4.07. The molecule has 0 fully saturated rings. The van der Waals surface area contributed by atoms with E-state index in [1.54, 1.807) is 11.8 Å². The van der Waals surface area contributed by atoms with Crippen molar-refractivity contribution in [2.75, 3.05) is 18.1 Å². The molecule has 4 N–H and O–H groups in total. The zero-order valence-corrected chi connectivity index (χ0v) is 9.95. The molecular formula is C11H17N3S. The van der Waals surface area contributed by atoms with Crippen molar-refractivity contribution in [2.45, 2.75) is 18.2 Å². The number of nitrogens with two attached hydrogens (primary N) is 1. The Morgan fingerprint density at radius 3 is 2.80 bits per heavy atom. The van der Waals surface area contributed by atoms with Crippen LogP contribution in [0.4, 0.5) is 5.69 Å². The molecule has 1 rings (SSSR count). The van der Waals surface area contributed by atoms with Gasteiger partial charge in [-0.1, -0.05) is 13.0 Å². The maximum Gasteiger partial charge on any atom is 0.126 e. The van der Waals surface area contributed by atoms with Crippen molar-refractivity contribution in [1.29, 1.82) is 5.41 Å². The first kappa shape index (κ1) is 11.9. The van der Waals surface area contributed by atoms with Gasteiger partial charge in [0.2, 0.25) is 0 Å². The first-order valence-corrected chi connectivity index (χ1v) is 6.18. The van der Waals surface area contributed by atoms with Crippen LogP contribution in [0.5, 0.6) is 0 Å². The molecule has 0 spiro atoms. The zero-order valence-electron chi connectivity index (χ0n) is 9.13. The zero-order chi connectivity index (χ0) is 11.3. The van der Waals surface area contributed by atoms with Gasteiger partial charge in [0.1, 0.15) is 5.84 Å². The number of rotatable bonds is 5. The number of anilines is 1. The number of benzene rings is 1. The Morgan fingerprint density at radius 1 is 1.53 bits per heavy atom. The first-order valence-electron chi connectivity index (χ1n) is 4.96. The number of thioether (sulfide) groups is 1. The highest BCUT2D eigenvalue weighted by Gasteiger charge is 2.09. The van der Waals surface area contributed by atoms with Gasteiger partial charge in [-0.25, -0.2) is 0 Å². The maximum atomic E-state index is 7.58. The van der Waals surface area contributed by atoms with Gasteiger partial charge in [-0.15, -0.1) is 11.8 Å². The molecule has 0 heterocycles. The summed E-state index contributed by atoms with van der Waals surface area (Å²) in [4.78, 5) is 1.05. The molecule has 0 aliphatic rings. The Balaban J connectivity index is 3.07. The molecule has 0 atom stereocenters. The molecule has 0 saturated heterocycles. The summed E-state index contributed by atoms with van der Waals surface area (Å²) in [5.41, 5.74) is 7.37. The summed E-state index contributed by atoms with van der Waals surface area (Å²) in [5, 5.41) is 10.9. The number of amidine groups is 1. The fourth-order valence-electron chi connectivity index (χ4n) is 1.39. The smallest absolute Gasteiger partial charge is 0.126 e. The molecule has 15 heavy (non-hydrogen) atoms. The van der Waals surface area contributed by atoms with E-state index in [4.69, 9.17) is 11.1 Å². The lowest BCUT2D eigenvalue weighted by molar-refractivity contribution is 0.977. The van der Waals surface area contributed by atoms with Gasteiger partial charge in [-0.05, 0) is 24.8 Å². The highest BCUT2D eigenvalue weighted by atomic mass is 32.2. The minimum Gasteiger partial charge on any atom is -0.384 e. The number of nitrogens with one attached hydrogen (secondary N) is 2.